The van der Waals surface area contributed by atoms with E-state index in [9.17, 15) is 4.79 Å². The largest absolute Gasteiger partial charge is 0.480 e. The van der Waals surface area contributed by atoms with Gasteiger partial charge in [-0.15, -0.1) is 0 Å². The minimum Gasteiger partial charge on any atom is -0.480 e. The molecule has 5 nitrogen and oxygen atoms in total. The molecule has 0 saturated heterocycles. The Hall–Kier alpha value is -1.82. The van der Waals surface area contributed by atoms with E-state index in [1.165, 1.54) is 0 Å². The second kappa shape index (κ2) is 6.94. The highest BCUT2D eigenvalue weighted by molar-refractivity contribution is 7.80. The molecule has 6 heteroatoms. The van der Waals surface area contributed by atoms with Crippen molar-refractivity contribution in [2.24, 2.45) is 5.92 Å². The number of carboxylic acids is 1. The molecule has 0 spiro atoms. The molecule has 0 aliphatic carbocycles. The number of thiocarbonyl (C=S) groups is 1. The Morgan fingerprint density at radius 3 is 2.58 bits per heavy atom. The van der Waals surface area contributed by atoms with Crippen LogP contribution in [0.1, 0.15) is 20.3 Å². The first kappa shape index (κ1) is 15.2. The fourth-order valence-corrected chi connectivity index (χ4v) is 1.87. The molecule has 104 valence electrons. The van der Waals surface area contributed by atoms with Crippen LogP contribution in [0.4, 0.5) is 11.4 Å². The Balaban J connectivity index is 2.63. The van der Waals surface area contributed by atoms with Crippen molar-refractivity contribution in [1.29, 1.82) is 0 Å². The van der Waals surface area contributed by atoms with Gasteiger partial charge in [-0.25, -0.2) is 4.79 Å². The third kappa shape index (κ3) is 5.13. The van der Waals surface area contributed by atoms with Gasteiger partial charge >= 0.3 is 5.97 Å². The molecule has 0 aliphatic heterocycles. The normalized spacial score (nSPS) is 11.9. The van der Waals surface area contributed by atoms with Crippen molar-refractivity contribution >= 4 is 34.7 Å². The van der Waals surface area contributed by atoms with Gasteiger partial charge in [-0.1, -0.05) is 26.0 Å². The van der Waals surface area contributed by atoms with Crippen molar-refractivity contribution < 1.29 is 9.90 Å². The molecular weight excluding hydrogens is 262 g/mol. The topological polar surface area (TPSA) is 87.4 Å². The number of hydrogen-bond donors (Lipinski definition) is 4. The summed E-state index contributed by atoms with van der Waals surface area (Å²) in [6, 6.07) is 6.46. The van der Waals surface area contributed by atoms with E-state index in [2.05, 4.69) is 10.6 Å². The minimum atomic E-state index is -0.918. The second-order valence-corrected chi connectivity index (χ2v) is 5.11. The monoisotopic (exact) mass is 281 g/mol. The van der Waals surface area contributed by atoms with Crippen LogP contribution < -0.4 is 16.4 Å². The number of anilines is 2. The van der Waals surface area contributed by atoms with Crippen LogP contribution in [0.2, 0.25) is 0 Å². The molecule has 1 aromatic rings. The van der Waals surface area contributed by atoms with Crippen molar-refractivity contribution in [1.82, 2.24) is 5.32 Å². The van der Waals surface area contributed by atoms with E-state index in [1.807, 2.05) is 26.0 Å². The molecule has 0 radical (unpaired) electrons. The fourth-order valence-electron chi connectivity index (χ4n) is 1.62. The summed E-state index contributed by atoms with van der Waals surface area (Å²) in [6.45, 7) is 3.92. The lowest BCUT2D eigenvalue weighted by atomic mass is 10.0. The van der Waals surface area contributed by atoms with E-state index in [4.69, 9.17) is 23.1 Å². The van der Waals surface area contributed by atoms with Crippen LogP contribution in [0.25, 0.3) is 0 Å². The SMILES string of the molecule is CC(C)CC(NC(=S)Nc1ccccc1N)C(=O)O. The van der Waals surface area contributed by atoms with Gasteiger partial charge in [0, 0.05) is 0 Å². The van der Waals surface area contributed by atoms with Crippen molar-refractivity contribution in [3.8, 4) is 0 Å². The van der Waals surface area contributed by atoms with Crippen LogP contribution in [0.15, 0.2) is 24.3 Å². The molecule has 0 aromatic heterocycles. The Labute approximate surface area is 118 Å². The first-order chi connectivity index (χ1) is 8.90. The van der Waals surface area contributed by atoms with Crippen LogP contribution in [0.3, 0.4) is 0 Å². The van der Waals surface area contributed by atoms with Crippen molar-refractivity contribution in [3.05, 3.63) is 24.3 Å². The quantitative estimate of drug-likeness (QED) is 0.488. The number of benzene rings is 1. The third-order valence-electron chi connectivity index (χ3n) is 2.52. The molecule has 1 atom stereocenters. The number of rotatable bonds is 5. The predicted octanol–water partition coefficient (Wildman–Crippen LogP) is 2.05. The maximum Gasteiger partial charge on any atom is 0.326 e. The Bertz CT molecular complexity index is 463. The molecule has 0 aliphatic rings. The average Bonchev–Trinajstić information content (AvgIpc) is 2.30. The Morgan fingerprint density at radius 1 is 1.42 bits per heavy atom. The maximum absolute atomic E-state index is 11.1. The molecular formula is C13H19N3O2S. The number of carbonyl (C=O) groups is 1. The van der Waals surface area contributed by atoms with E-state index < -0.39 is 12.0 Å². The van der Waals surface area contributed by atoms with Crippen molar-refractivity contribution in [2.45, 2.75) is 26.3 Å². The number of nitrogens with one attached hydrogen (secondary N) is 2. The van der Waals surface area contributed by atoms with E-state index in [1.54, 1.807) is 12.1 Å². The molecule has 0 heterocycles. The molecule has 5 N–H and O–H groups in total. The van der Waals surface area contributed by atoms with Crippen LogP contribution in [0, 0.1) is 5.92 Å². The number of aliphatic carboxylic acids is 1. The van der Waals surface area contributed by atoms with Crippen LogP contribution >= 0.6 is 12.2 Å². The van der Waals surface area contributed by atoms with Gasteiger partial charge < -0.3 is 21.5 Å². The summed E-state index contributed by atoms with van der Waals surface area (Å²) < 4.78 is 0. The highest BCUT2D eigenvalue weighted by Crippen LogP contribution is 2.16. The van der Waals surface area contributed by atoms with Crippen LogP contribution in [-0.2, 0) is 4.79 Å². The first-order valence-electron chi connectivity index (χ1n) is 6.05. The van der Waals surface area contributed by atoms with Gasteiger partial charge in [0.25, 0.3) is 0 Å². The maximum atomic E-state index is 11.1. The zero-order valence-corrected chi connectivity index (χ0v) is 11.8. The molecule has 0 fully saturated rings. The van der Waals surface area contributed by atoms with Gasteiger partial charge in [0.05, 0.1) is 11.4 Å². The van der Waals surface area contributed by atoms with E-state index in [0.29, 0.717) is 17.8 Å². The number of nitrogens with two attached hydrogens (primary N) is 1. The molecule has 1 rings (SSSR count). The average molecular weight is 281 g/mol. The summed E-state index contributed by atoms with van der Waals surface area (Å²) in [7, 11) is 0. The van der Waals surface area contributed by atoms with Gasteiger partial charge in [0.15, 0.2) is 5.11 Å². The van der Waals surface area contributed by atoms with E-state index in [0.717, 1.165) is 0 Å². The predicted molar refractivity (Wildman–Crippen MR) is 81.1 cm³/mol. The van der Waals surface area contributed by atoms with Gasteiger partial charge in [0.1, 0.15) is 6.04 Å². The van der Waals surface area contributed by atoms with Crippen LogP contribution in [0.5, 0.6) is 0 Å². The summed E-state index contributed by atoms with van der Waals surface area (Å²) in [5, 5.41) is 15.1. The van der Waals surface area contributed by atoms with Crippen molar-refractivity contribution in [2.75, 3.05) is 11.1 Å². The lowest BCUT2D eigenvalue weighted by molar-refractivity contribution is -0.139. The Kier molecular flexibility index (Phi) is 5.57. The first-order valence-corrected chi connectivity index (χ1v) is 6.45. The van der Waals surface area contributed by atoms with E-state index in [-0.39, 0.29) is 11.0 Å². The fraction of sp³-hybridized carbons (Fsp3) is 0.385. The summed E-state index contributed by atoms with van der Waals surface area (Å²) in [4.78, 5) is 11.1. The van der Waals surface area contributed by atoms with Gasteiger partial charge in [-0.2, -0.15) is 0 Å². The lowest BCUT2D eigenvalue weighted by Crippen LogP contribution is -2.43. The molecule has 0 amide bonds. The lowest BCUT2D eigenvalue weighted by Gasteiger charge is -2.19. The number of carboxylic acid groups (broad SMARTS) is 1. The highest BCUT2D eigenvalue weighted by Gasteiger charge is 2.19. The summed E-state index contributed by atoms with van der Waals surface area (Å²) in [5.41, 5.74) is 6.99. The Morgan fingerprint density at radius 2 is 2.05 bits per heavy atom. The zero-order chi connectivity index (χ0) is 14.4. The second-order valence-electron chi connectivity index (χ2n) is 4.71. The molecule has 19 heavy (non-hydrogen) atoms. The smallest absolute Gasteiger partial charge is 0.326 e. The number of hydrogen-bond acceptors (Lipinski definition) is 3. The standard InChI is InChI=1S/C13H19N3O2S/c1-8(2)7-11(12(17)18)16-13(19)15-10-6-4-3-5-9(10)14/h3-6,8,11H,7,14H2,1-2H3,(H,17,18)(H2,15,16,19). The van der Waals surface area contributed by atoms with Gasteiger partial charge in [0.2, 0.25) is 0 Å². The third-order valence-corrected chi connectivity index (χ3v) is 2.74. The van der Waals surface area contributed by atoms with E-state index >= 15 is 0 Å². The summed E-state index contributed by atoms with van der Waals surface area (Å²) in [5.74, 6) is -0.655. The van der Waals surface area contributed by atoms with Gasteiger partial charge in [-0.05, 0) is 36.7 Å². The molecule has 1 aromatic carbocycles. The van der Waals surface area contributed by atoms with Gasteiger partial charge in [-0.3, -0.25) is 0 Å². The summed E-state index contributed by atoms with van der Waals surface area (Å²) in [6.07, 6.45) is 0.501. The summed E-state index contributed by atoms with van der Waals surface area (Å²) >= 11 is 5.10. The molecule has 0 saturated carbocycles. The molecule has 1 unspecified atom stereocenters. The van der Waals surface area contributed by atoms with Crippen LogP contribution in [-0.4, -0.2) is 22.2 Å². The minimum absolute atomic E-state index is 0.256. The molecule has 0 bridgehead atoms. The number of para-hydroxylation sites is 2. The number of nitrogen functional groups attached to an aromatic ring is 1. The zero-order valence-electron chi connectivity index (χ0n) is 11.0. The highest BCUT2D eigenvalue weighted by atomic mass is 32.1. The van der Waals surface area contributed by atoms with Crippen molar-refractivity contribution in [3.63, 3.8) is 0 Å².